The number of likely N-dealkylation sites (N-methyl/N-ethyl adjacent to an activating group) is 1. The van der Waals surface area contributed by atoms with Crippen LogP contribution in [-0.4, -0.2) is 107 Å². The molecule has 0 aliphatic rings. The minimum atomic E-state index is -4.63. The maximum absolute atomic E-state index is 11.4. The van der Waals surface area contributed by atoms with E-state index in [-0.39, 0.29) is 11.7 Å². The average molecular weight is 578 g/mol. The van der Waals surface area contributed by atoms with Crippen LogP contribution in [0.15, 0.2) is 0 Å². The van der Waals surface area contributed by atoms with E-state index in [0.29, 0.717) is 4.90 Å². The SMILES string of the molecule is CC(C)(S)[C@@H](C(N)=O)N(CP(=O)(O)O)CP(=O)(O)O.CN(C)C(=O)[C@H](CS)NCP(=O)(O)O. The summed E-state index contributed by atoms with van der Waals surface area (Å²) < 4.78 is 31.4. The monoisotopic (exact) mass is 578 g/mol. The predicted molar refractivity (Wildman–Crippen MR) is 128 cm³/mol. The lowest BCUT2D eigenvalue weighted by atomic mass is 10.0. The Morgan fingerprint density at radius 3 is 1.58 bits per heavy atom. The summed E-state index contributed by atoms with van der Waals surface area (Å²) in [6.07, 6.45) is -2.52. The molecule has 20 heteroatoms. The molecule has 0 aliphatic heterocycles. The molecule has 0 aromatic rings. The molecule has 0 spiro atoms. The van der Waals surface area contributed by atoms with Gasteiger partial charge in [-0.15, -0.1) is 0 Å². The first kappa shape index (κ1) is 35.2. The molecular weight excluding hydrogens is 545 g/mol. The van der Waals surface area contributed by atoms with Crippen LogP contribution in [0.3, 0.4) is 0 Å². The topological polar surface area (TPSA) is 251 Å². The van der Waals surface area contributed by atoms with Gasteiger partial charge in [-0.2, -0.15) is 25.3 Å². The zero-order valence-electron chi connectivity index (χ0n) is 18.4. The number of primary amides is 1. The quantitative estimate of drug-likeness (QED) is 0.0909. The van der Waals surface area contributed by atoms with Crippen LogP contribution in [0.1, 0.15) is 13.8 Å². The smallest absolute Gasteiger partial charge is 0.339 e. The van der Waals surface area contributed by atoms with Crippen LogP contribution in [0.25, 0.3) is 0 Å². The highest BCUT2D eigenvalue weighted by atomic mass is 32.1. The summed E-state index contributed by atoms with van der Waals surface area (Å²) in [7, 11) is -10.2. The third-order valence-corrected chi connectivity index (χ3v) is 6.17. The van der Waals surface area contributed by atoms with Crippen LogP contribution in [0, 0.1) is 0 Å². The van der Waals surface area contributed by atoms with Gasteiger partial charge in [-0.25, -0.2) is 0 Å². The van der Waals surface area contributed by atoms with Gasteiger partial charge < -0.3 is 40.0 Å². The summed E-state index contributed by atoms with van der Waals surface area (Å²) in [4.78, 5) is 77.6. The Bertz CT molecular complexity index is 769. The maximum atomic E-state index is 11.4. The van der Waals surface area contributed by atoms with Crippen molar-refractivity contribution in [1.82, 2.24) is 15.1 Å². The third kappa shape index (κ3) is 18.0. The number of nitrogens with zero attached hydrogens (tertiary/aromatic N) is 2. The van der Waals surface area contributed by atoms with E-state index in [0.717, 1.165) is 0 Å². The number of amides is 2. The van der Waals surface area contributed by atoms with Crippen LogP contribution < -0.4 is 11.1 Å². The zero-order chi connectivity index (χ0) is 27.0. The first-order chi connectivity index (χ1) is 14.4. The van der Waals surface area contributed by atoms with Crippen molar-refractivity contribution >= 4 is 59.9 Å². The number of carbonyl (C=O) groups excluding carboxylic acids is 2. The lowest BCUT2D eigenvalue weighted by Crippen LogP contribution is -2.54. The second-order valence-corrected chi connectivity index (χ2v) is 14.0. The van der Waals surface area contributed by atoms with Crippen molar-refractivity contribution in [1.29, 1.82) is 0 Å². The van der Waals surface area contributed by atoms with E-state index in [1.165, 1.54) is 18.7 Å². The van der Waals surface area contributed by atoms with Crippen LogP contribution in [0.4, 0.5) is 0 Å². The molecule has 9 N–H and O–H groups in total. The van der Waals surface area contributed by atoms with Gasteiger partial charge in [0.2, 0.25) is 11.8 Å². The van der Waals surface area contributed by atoms with Crippen molar-refractivity contribution in [3.63, 3.8) is 0 Å². The van der Waals surface area contributed by atoms with E-state index in [1.54, 1.807) is 14.1 Å². The molecule has 0 unspecified atom stereocenters. The molecule has 0 fully saturated rings. The minimum Gasteiger partial charge on any atom is -0.368 e. The van der Waals surface area contributed by atoms with Crippen molar-refractivity contribution in [2.45, 2.75) is 30.7 Å². The Hall–Kier alpha value is 0.01000. The molecule has 0 bridgehead atoms. The first-order valence-electron chi connectivity index (χ1n) is 8.86. The number of nitrogens with two attached hydrogens (primary N) is 1. The van der Waals surface area contributed by atoms with Gasteiger partial charge in [0.15, 0.2) is 0 Å². The molecule has 0 aliphatic carbocycles. The predicted octanol–water partition coefficient (Wildman–Crippen LogP) is -1.78. The highest BCUT2D eigenvalue weighted by molar-refractivity contribution is 7.81. The van der Waals surface area contributed by atoms with Crippen molar-refractivity contribution < 1.29 is 52.6 Å². The van der Waals surface area contributed by atoms with Crippen LogP contribution >= 0.6 is 48.0 Å². The molecule has 0 heterocycles. The van der Waals surface area contributed by atoms with E-state index >= 15 is 0 Å². The van der Waals surface area contributed by atoms with Gasteiger partial charge in [0.05, 0.1) is 12.3 Å². The average Bonchev–Trinajstić information content (AvgIpc) is 2.49. The molecule has 0 radical (unpaired) electrons. The zero-order valence-corrected chi connectivity index (χ0v) is 22.9. The minimum absolute atomic E-state index is 0.191. The fraction of sp³-hybridized carbons (Fsp3) is 0.846. The molecule has 33 heavy (non-hydrogen) atoms. The molecule has 198 valence electrons. The number of hydrogen-bond donors (Lipinski definition) is 10. The normalized spacial score (nSPS) is 14.8. The van der Waals surface area contributed by atoms with Crippen molar-refractivity contribution in [2.24, 2.45) is 5.73 Å². The van der Waals surface area contributed by atoms with Gasteiger partial charge in [-0.1, -0.05) is 0 Å². The second-order valence-electron chi connectivity index (χ2n) is 7.65. The molecule has 0 aromatic heterocycles. The Kier molecular flexibility index (Phi) is 14.8. The number of hydrogen-bond acceptors (Lipinski definition) is 9. The fourth-order valence-electron chi connectivity index (χ4n) is 2.43. The summed E-state index contributed by atoms with van der Waals surface area (Å²) in [5.74, 6) is -1.05. The largest absolute Gasteiger partial charge is 0.368 e. The Morgan fingerprint density at radius 1 is 0.970 bits per heavy atom. The molecule has 15 nitrogen and oxygen atoms in total. The van der Waals surface area contributed by atoms with Crippen molar-refractivity contribution in [2.75, 3.05) is 38.7 Å². The molecule has 0 saturated carbocycles. The molecule has 0 aromatic carbocycles. The van der Waals surface area contributed by atoms with Gasteiger partial charge in [0.1, 0.15) is 18.6 Å². The lowest BCUT2D eigenvalue weighted by molar-refractivity contribution is -0.130. The van der Waals surface area contributed by atoms with Crippen molar-refractivity contribution in [3.8, 4) is 0 Å². The second kappa shape index (κ2) is 13.9. The van der Waals surface area contributed by atoms with Crippen LogP contribution in [0.2, 0.25) is 0 Å². The molecule has 0 rings (SSSR count). The summed E-state index contributed by atoms with van der Waals surface area (Å²) in [6.45, 7) is 2.88. The Morgan fingerprint density at radius 2 is 1.36 bits per heavy atom. The van der Waals surface area contributed by atoms with E-state index < -0.39 is 64.4 Å². The summed E-state index contributed by atoms with van der Waals surface area (Å²) >= 11 is 8.00. The van der Waals surface area contributed by atoms with Gasteiger partial charge in [0.25, 0.3) is 0 Å². The molecule has 2 atom stereocenters. The van der Waals surface area contributed by atoms with Crippen molar-refractivity contribution in [3.05, 3.63) is 0 Å². The first-order valence-corrected chi connectivity index (χ1v) is 15.3. The van der Waals surface area contributed by atoms with E-state index in [2.05, 4.69) is 30.6 Å². The van der Waals surface area contributed by atoms with Gasteiger partial charge in [0, 0.05) is 24.6 Å². The Labute approximate surface area is 202 Å². The van der Waals surface area contributed by atoms with Crippen LogP contribution in [0.5, 0.6) is 0 Å². The van der Waals surface area contributed by atoms with E-state index in [4.69, 9.17) is 35.1 Å². The summed E-state index contributed by atoms with van der Waals surface area (Å²) in [6, 6.07) is -2.02. The summed E-state index contributed by atoms with van der Waals surface area (Å²) in [5.41, 5.74) is 5.13. The number of thiol groups is 2. The molecule has 2 amide bonds. The lowest BCUT2D eigenvalue weighted by Gasteiger charge is -2.37. The van der Waals surface area contributed by atoms with E-state index in [1.807, 2.05) is 0 Å². The third-order valence-electron chi connectivity index (χ3n) is 3.50. The van der Waals surface area contributed by atoms with Gasteiger partial charge >= 0.3 is 22.8 Å². The maximum Gasteiger partial charge on any atom is 0.339 e. The highest BCUT2D eigenvalue weighted by Crippen LogP contribution is 2.43. The fourth-order valence-corrected chi connectivity index (χ4v) is 5.09. The van der Waals surface area contributed by atoms with Gasteiger partial charge in [-0.3, -0.25) is 33.5 Å². The Balaban J connectivity index is 0. The standard InChI is InChI=1S/C7H18N2O7P2S.C6H15N2O4PS/c1-7(2,19)5(6(8)10)9(3-17(11,12)13)4-18(14,15)16;1-8(2)6(9)5(3-14)7-4-13(10,11)12/h5,19H,3-4H2,1-2H3,(H2,8,10)(H2,11,12,13)(H2,14,15,16);5,7,14H,3-4H2,1-2H3,(H2,10,11,12)/t2*5-/m10/s1. The van der Waals surface area contributed by atoms with Crippen LogP contribution in [-0.2, 0) is 23.3 Å². The summed E-state index contributed by atoms with van der Waals surface area (Å²) in [5, 5.41) is 2.46. The van der Waals surface area contributed by atoms with Gasteiger partial charge in [-0.05, 0) is 13.8 Å². The molecular formula is C13H33N4O11P3S2. The van der Waals surface area contributed by atoms with E-state index in [9.17, 15) is 23.3 Å². The highest BCUT2D eigenvalue weighted by Gasteiger charge is 2.41. The number of rotatable bonds is 12. The number of nitrogens with one attached hydrogen (secondary N) is 1. The number of carbonyl (C=O) groups is 2. The molecule has 0 saturated heterocycles.